The van der Waals surface area contributed by atoms with Crippen LogP contribution in [0.25, 0.3) is 0 Å². The van der Waals surface area contributed by atoms with Crippen LogP contribution in [0.2, 0.25) is 0 Å². The summed E-state index contributed by atoms with van der Waals surface area (Å²) in [5, 5.41) is 25.2. The second-order valence-electron chi connectivity index (χ2n) is 2.63. The molecule has 0 heterocycles. The Labute approximate surface area is 111 Å². The van der Waals surface area contributed by atoms with Gasteiger partial charge in [-0.15, -0.1) is 0 Å². The second kappa shape index (κ2) is 6.54. The third-order valence-electron chi connectivity index (χ3n) is 1.38. The molecule has 0 saturated carbocycles. The summed E-state index contributed by atoms with van der Waals surface area (Å²) in [5.74, 6) is -2.77. The monoisotopic (exact) mass is 300 g/mol. The van der Waals surface area contributed by atoms with Gasteiger partial charge in [0, 0.05) is 0 Å². The van der Waals surface area contributed by atoms with Crippen molar-refractivity contribution >= 4 is 46.7 Å². The van der Waals surface area contributed by atoms with Gasteiger partial charge < -0.3 is 15.3 Å². The van der Waals surface area contributed by atoms with Crippen LogP contribution < -0.4 is 0 Å². The fraction of sp³-hybridized carbons (Fsp3) is 0.111. The Morgan fingerprint density at radius 2 is 1.47 bits per heavy atom. The predicted octanol–water partition coefficient (Wildman–Crippen LogP) is 2.53. The molecule has 0 unspecified atom stereocenters. The van der Waals surface area contributed by atoms with E-state index in [1.54, 1.807) is 12.1 Å². The molecule has 0 spiro atoms. The first-order valence-corrected chi connectivity index (χ1v) is 5.11. The molecule has 1 aromatic rings. The van der Waals surface area contributed by atoms with Crippen molar-refractivity contribution < 1.29 is 24.9 Å². The van der Waals surface area contributed by atoms with Crippen LogP contribution in [0.4, 0.5) is 0 Å². The van der Waals surface area contributed by atoms with Crippen LogP contribution in [-0.2, 0) is 4.79 Å². The van der Waals surface area contributed by atoms with Crippen molar-refractivity contribution in [2.75, 3.05) is 0 Å². The molecule has 0 bridgehead atoms. The largest absolute Gasteiger partial charge is 0.507 e. The summed E-state index contributed by atoms with van der Waals surface area (Å²) in [4.78, 5) is 19.9. The number of carbonyl (C=O) groups is 2. The molecule has 0 atom stereocenters. The third-order valence-corrected chi connectivity index (χ3v) is 1.86. The van der Waals surface area contributed by atoms with E-state index in [9.17, 15) is 9.59 Å². The Morgan fingerprint density at radius 3 is 1.71 bits per heavy atom. The SMILES string of the molecule is O=C(O)C(Cl)(Cl)Cl.O=C(O)c1ccccc1O. The van der Waals surface area contributed by atoms with E-state index in [1.807, 2.05) is 0 Å². The van der Waals surface area contributed by atoms with Gasteiger partial charge in [0.25, 0.3) is 3.79 Å². The van der Waals surface area contributed by atoms with Crippen molar-refractivity contribution in [1.82, 2.24) is 0 Å². The highest BCUT2D eigenvalue weighted by Gasteiger charge is 2.29. The van der Waals surface area contributed by atoms with Crippen LogP contribution in [0.3, 0.4) is 0 Å². The van der Waals surface area contributed by atoms with Gasteiger partial charge in [0.1, 0.15) is 11.3 Å². The summed E-state index contributed by atoms with van der Waals surface area (Å²) in [5.41, 5.74) is -0.0671. The van der Waals surface area contributed by atoms with Crippen molar-refractivity contribution in [3.8, 4) is 5.75 Å². The zero-order valence-electron chi connectivity index (χ0n) is 8.10. The van der Waals surface area contributed by atoms with Gasteiger partial charge in [-0.25, -0.2) is 9.59 Å². The van der Waals surface area contributed by atoms with Crippen molar-refractivity contribution in [1.29, 1.82) is 0 Å². The lowest BCUT2D eigenvalue weighted by atomic mass is 10.2. The Kier molecular flexibility index (Phi) is 6.09. The van der Waals surface area contributed by atoms with Crippen LogP contribution in [-0.4, -0.2) is 31.1 Å². The zero-order valence-corrected chi connectivity index (χ0v) is 10.4. The number of aromatic carboxylic acids is 1. The Balaban J connectivity index is 0.000000325. The van der Waals surface area contributed by atoms with Crippen molar-refractivity contribution in [2.24, 2.45) is 0 Å². The van der Waals surface area contributed by atoms with Gasteiger partial charge in [0.15, 0.2) is 0 Å². The van der Waals surface area contributed by atoms with Gasteiger partial charge in [-0.2, -0.15) is 0 Å². The Morgan fingerprint density at radius 1 is 1.06 bits per heavy atom. The lowest BCUT2D eigenvalue weighted by Gasteiger charge is -1.99. The number of alkyl halides is 3. The number of para-hydroxylation sites is 1. The summed E-state index contributed by atoms with van der Waals surface area (Å²) >= 11 is 14.4. The summed E-state index contributed by atoms with van der Waals surface area (Å²) in [6.07, 6.45) is 0. The van der Waals surface area contributed by atoms with Crippen molar-refractivity contribution in [2.45, 2.75) is 3.79 Å². The number of carboxylic acid groups (broad SMARTS) is 2. The predicted molar refractivity (Wildman–Crippen MR) is 63.0 cm³/mol. The standard InChI is InChI=1S/C7H6O3.C2HCl3O2/c8-6-4-2-1-3-5(6)7(9)10;3-2(4,5)1(6)7/h1-4,8H,(H,9,10);(H,6,7). The maximum absolute atomic E-state index is 10.3. The molecule has 5 nitrogen and oxygen atoms in total. The molecule has 3 N–H and O–H groups in total. The van der Waals surface area contributed by atoms with Crippen LogP contribution in [0.1, 0.15) is 10.4 Å². The van der Waals surface area contributed by atoms with Gasteiger partial charge in [-0.3, -0.25) is 0 Å². The number of rotatable bonds is 1. The molecule has 0 aliphatic rings. The molecule has 0 radical (unpaired) electrons. The number of carboxylic acids is 2. The molecule has 1 rings (SSSR count). The van der Waals surface area contributed by atoms with Gasteiger partial charge in [-0.05, 0) is 12.1 Å². The van der Waals surface area contributed by atoms with Crippen molar-refractivity contribution in [3.05, 3.63) is 29.8 Å². The average Bonchev–Trinajstić information content (AvgIpc) is 2.17. The van der Waals surface area contributed by atoms with Gasteiger partial charge in [-0.1, -0.05) is 46.9 Å². The maximum Gasteiger partial charge on any atom is 0.356 e. The smallest absolute Gasteiger partial charge is 0.356 e. The van der Waals surface area contributed by atoms with E-state index in [0.717, 1.165) is 0 Å². The van der Waals surface area contributed by atoms with E-state index in [4.69, 9.17) is 50.1 Å². The summed E-state index contributed by atoms with van der Waals surface area (Å²) in [6.45, 7) is 0. The highest BCUT2D eigenvalue weighted by Crippen LogP contribution is 2.25. The molecule has 0 aliphatic carbocycles. The van der Waals surface area contributed by atoms with Gasteiger partial charge in [0.05, 0.1) is 0 Å². The summed E-state index contributed by atoms with van der Waals surface area (Å²) in [7, 11) is 0. The quantitative estimate of drug-likeness (QED) is 0.693. The maximum atomic E-state index is 10.3. The minimum Gasteiger partial charge on any atom is -0.507 e. The van der Waals surface area contributed by atoms with E-state index in [2.05, 4.69) is 0 Å². The second-order valence-corrected chi connectivity index (χ2v) is 4.91. The lowest BCUT2D eigenvalue weighted by molar-refractivity contribution is -0.135. The molecular weight excluding hydrogens is 294 g/mol. The van der Waals surface area contributed by atoms with Crippen LogP contribution in [0.5, 0.6) is 5.75 Å². The average molecular weight is 302 g/mol. The van der Waals surface area contributed by atoms with E-state index in [-0.39, 0.29) is 11.3 Å². The molecule has 0 aliphatic heterocycles. The van der Waals surface area contributed by atoms with Crippen LogP contribution in [0, 0.1) is 0 Å². The molecule has 1 aromatic carbocycles. The minimum absolute atomic E-state index is 0.0671. The van der Waals surface area contributed by atoms with Crippen molar-refractivity contribution in [3.63, 3.8) is 0 Å². The molecule has 0 fully saturated rings. The lowest BCUT2D eigenvalue weighted by Crippen LogP contribution is -2.16. The molecule has 0 aromatic heterocycles. The van der Waals surface area contributed by atoms with Gasteiger partial charge in [0.2, 0.25) is 0 Å². The zero-order chi connectivity index (χ0) is 13.6. The molecule has 94 valence electrons. The number of phenols is 1. The van der Waals surface area contributed by atoms with E-state index < -0.39 is 15.7 Å². The minimum atomic E-state index is -2.17. The Bertz CT molecular complexity index is 413. The van der Waals surface area contributed by atoms with Crippen LogP contribution in [0.15, 0.2) is 24.3 Å². The van der Waals surface area contributed by atoms with Gasteiger partial charge >= 0.3 is 11.9 Å². The normalized spacial score (nSPS) is 10.1. The number of halogens is 3. The number of hydrogen-bond acceptors (Lipinski definition) is 3. The van der Waals surface area contributed by atoms with Crippen LogP contribution >= 0.6 is 34.8 Å². The summed E-state index contributed by atoms with van der Waals surface area (Å²) in [6, 6.07) is 5.81. The first kappa shape index (κ1) is 15.8. The highest BCUT2D eigenvalue weighted by atomic mass is 35.6. The first-order valence-electron chi connectivity index (χ1n) is 3.97. The number of aliphatic carboxylic acids is 1. The molecule has 0 amide bonds. The molecule has 17 heavy (non-hydrogen) atoms. The highest BCUT2D eigenvalue weighted by molar-refractivity contribution is 6.75. The third kappa shape index (κ3) is 6.21. The Hall–Kier alpha value is -1.17. The fourth-order valence-electron chi connectivity index (χ4n) is 0.654. The fourth-order valence-corrected chi connectivity index (χ4v) is 0.654. The molecule has 0 saturated heterocycles. The van der Waals surface area contributed by atoms with E-state index >= 15 is 0 Å². The first-order chi connectivity index (χ1) is 7.66. The number of hydrogen-bond donors (Lipinski definition) is 3. The molecular formula is C9H7Cl3O5. The van der Waals surface area contributed by atoms with E-state index in [0.29, 0.717) is 0 Å². The molecule has 8 heteroatoms. The topological polar surface area (TPSA) is 94.8 Å². The summed E-state index contributed by atoms with van der Waals surface area (Å²) < 4.78 is -2.17. The van der Waals surface area contributed by atoms with E-state index in [1.165, 1.54) is 12.1 Å². The number of aromatic hydroxyl groups is 1. The number of benzene rings is 1.